The zero-order chi connectivity index (χ0) is 13.7. The van der Waals surface area contributed by atoms with E-state index in [4.69, 9.17) is 10.8 Å². The summed E-state index contributed by atoms with van der Waals surface area (Å²) in [7, 11) is 0. The highest BCUT2D eigenvalue weighted by Crippen LogP contribution is 2.07. The van der Waals surface area contributed by atoms with Crippen molar-refractivity contribution in [3.05, 3.63) is 0 Å². The van der Waals surface area contributed by atoms with Gasteiger partial charge in [0.1, 0.15) is 12.1 Å². The number of carbonyl (C=O) groups excluding carboxylic acids is 3. The van der Waals surface area contributed by atoms with Crippen LogP contribution in [0.15, 0.2) is 0 Å². The van der Waals surface area contributed by atoms with Crippen LogP contribution in [0.4, 0.5) is 0 Å². The molecule has 8 nitrogen and oxygen atoms in total. The molecular formula is C10H15N3O5. The topological polar surface area (TPSA) is 139 Å². The van der Waals surface area contributed by atoms with Gasteiger partial charge in [-0.25, -0.2) is 4.79 Å². The molecule has 0 saturated carbocycles. The number of carboxylic acid groups (broad SMARTS) is 1. The van der Waals surface area contributed by atoms with Gasteiger partial charge in [0, 0.05) is 12.8 Å². The summed E-state index contributed by atoms with van der Waals surface area (Å²) < 4.78 is 0. The zero-order valence-corrected chi connectivity index (χ0v) is 9.64. The number of aliphatic carboxylic acids is 1. The lowest BCUT2D eigenvalue weighted by Crippen LogP contribution is -2.49. The summed E-state index contributed by atoms with van der Waals surface area (Å²) >= 11 is 0. The Hall–Kier alpha value is -2.12. The predicted molar refractivity (Wildman–Crippen MR) is 59.2 cm³/mol. The van der Waals surface area contributed by atoms with Gasteiger partial charge in [0.25, 0.3) is 0 Å². The van der Waals surface area contributed by atoms with Crippen molar-refractivity contribution in [1.29, 1.82) is 0 Å². The summed E-state index contributed by atoms with van der Waals surface area (Å²) in [5, 5.41) is 13.6. The third-order valence-corrected chi connectivity index (χ3v) is 2.61. The fourth-order valence-electron chi connectivity index (χ4n) is 1.63. The van der Waals surface area contributed by atoms with Crippen molar-refractivity contribution >= 4 is 23.7 Å². The summed E-state index contributed by atoms with van der Waals surface area (Å²) in [5.41, 5.74) is 4.91. The molecule has 0 unspecified atom stereocenters. The Morgan fingerprint density at radius 1 is 1.50 bits per heavy atom. The van der Waals surface area contributed by atoms with E-state index >= 15 is 0 Å². The van der Waals surface area contributed by atoms with E-state index in [0.29, 0.717) is 6.42 Å². The van der Waals surface area contributed by atoms with Crippen LogP contribution in [0.1, 0.15) is 25.7 Å². The normalized spacial score (nSPS) is 20.0. The maximum atomic E-state index is 11.6. The van der Waals surface area contributed by atoms with Crippen molar-refractivity contribution in [2.45, 2.75) is 37.8 Å². The number of primary amides is 1. The lowest BCUT2D eigenvalue weighted by molar-refractivity contribution is -0.142. The third kappa shape index (κ3) is 4.04. The number of carbonyl (C=O) groups is 4. The quantitative estimate of drug-likeness (QED) is 0.440. The average molecular weight is 257 g/mol. The number of rotatable bonds is 6. The van der Waals surface area contributed by atoms with Gasteiger partial charge in [-0.15, -0.1) is 0 Å². The van der Waals surface area contributed by atoms with Crippen LogP contribution in [0.25, 0.3) is 0 Å². The first-order valence-electron chi connectivity index (χ1n) is 5.51. The summed E-state index contributed by atoms with van der Waals surface area (Å²) in [6.07, 6.45) is 0.384. The molecule has 0 aromatic rings. The molecule has 1 aliphatic rings. The van der Waals surface area contributed by atoms with E-state index in [1.807, 2.05) is 0 Å². The molecule has 0 radical (unpaired) electrons. The van der Waals surface area contributed by atoms with Crippen LogP contribution >= 0.6 is 0 Å². The summed E-state index contributed by atoms with van der Waals surface area (Å²) in [6.45, 7) is 0. The molecule has 1 heterocycles. The van der Waals surface area contributed by atoms with E-state index in [1.54, 1.807) is 0 Å². The Labute approximate surface area is 103 Å². The number of nitrogens with two attached hydrogens (primary N) is 1. The summed E-state index contributed by atoms with van der Waals surface area (Å²) in [5.74, 6) is -2.67. The summed E-state index contributed by atoms with van der Waals surface area (Å²) in [6, 6.07) is -1.88. The average Bonchev–Trinajstić information content (AvgIpc) is 2.70. The molecule has 0 spiro atoms. The van der Waals surface area contributed by atoms with Crippen LogP contribution in [0, 0.1) is 0 Å². The van der Waals surface area contributed by atoms with E-state index in [9.17, 15) is 19.2 Å². The SMILES string of the molecule is NC(=O)CC[C@@H](NC(=O)[C@@H]1CCC(=O)N1)C(=O)O. The smallest absolute Gasteiger partial charge is 0.326 e. The van der Waals surface area contributed by atoms with Crippen molar-refractivity contribution in [2.75, 3.05) is 0 Å². The Morgan fingerprint density at radius 2 is 2.17 bits per heavy atom. The molecule has 0 bridgehead atoms. The van der Waals surface area contributed by atoms with Gasteiger partial charge in [0.05, 0.1) is 0 Å². The van der Waals surface area contributed by atoms with Crippen LogP contribution in [0.5, 0.6) is 0 Å². The van der Waals surface area contributed by atoms with Crippen LogP contribution < -0.4 is 16.4 Å². The van der Waals surface area contributed by atoms with Crippen LogP contribution in [0.3, 0.4) is 0 Å². The molecule has 18 heavy (non-hydrogen) atoms. The molecule has 100 valence electrons. The first-order chi connectivity index (χ1) is 8.40. The van der Waals surface area contributed by atoms with Crippen molar-refractivity contribution in [3.8, 4) is 0 Å². The third-order valence-electron chi connectivity index (χ3n) is 2.61. The van der Waals surface area contributed by atoms with Crippen molar-refractivity contribution in [2.24, 2.45) is 5.73 Å². The highest BCUT2D eigenvalue weighted by Gasteiger charge is 2.30. The van der Waals surface area contributed by atoms with Gasteiger partial charge < -0.3 is 21.5 Å². The first-order valence-corrected chi connectivity index (χ1v) is 5.51. The van der Waals surface area contributed by atoms with Gasteiger partial charge >= 0.3 is 5.97 Å². The molecule has 3 amide bonds. The second-order valence-corrected chi connectivity index (χ2v) is 4.06. The molecule has 8 heteroatoms. The molecule has 2 atom stereocenters. The highest BCUT2D eigenvalue weighted by atomic mass is 16.4. The highest BCUT2D eigenvalue weighted by molar-refractivity contribution is 5.92. The van der Waals surface area contributed by atoms with E-state index in [-0.39, 0.29) is 25.2 Å². The fraction of sp³-hybridized carbons (Fsp3) is 0.600. The molecule has 1 aliphatic heterocycles. The number of hydrogen-bond donors (Lipinski definition) is 4. The van der Waals surface area contributed by atoms with Gasteiger partial charge in [-0.05, 0) is 12.8 Å². The molecule has 0 aliphatic carbocycles. The van der Waals surface area contributed by atoms with Crippen LogP contribution in [0.2, 0.25) is 0 Å². The second kappa shape index (κ2) is 5.99. The van der Waals surface area contributed by atoms with Crippen LogP contribution in [-0.2, 0) is 19.2 Å². The minimum absolute atomic E-state index is 0.0723. The van der Waals surface area contributed by atoms with E-state index < -0.39 is 29.9 Å². The van der Waals surface area contributed by atoms with E-state index in [0.717, 1.165) is 0 Å². The van der Waals surface area contributed by atoms with E-state index in [2.05, 4.69) is 10.6 Å². The maximum absolute atomic E-state index is 11.6. The number of carboxylic acids is 1. The lowest BCUT2D eigenvalue weighted by atomic mass is 10.1. The lowest BCUT2D eigenvalue weighted by Gasteiger charge is -2.16. The number of nitrogens with one attached hydrogen (secondary N) is 2. The standard InChI is InChI=1S/C10H15N3O5/c11-7(14)3-1-6(10(17)18)13-9(16)5-2-4-8(15)12-5/h5-6H,1-4H2,(H2,11,14)(H,12,15)(H,13,16)(H,17,18)/t5-,6+/m0/s1. The molecule has 1 fully saturated rings. The molecule has 5 N–H and O–H groups in total. The molecular weight excluding hydrogens is 242 g/mol. The van der Waals surface area contributed by atoms with Crippen molar-refractivity contribution in [3.63, 3.8) is 0 Å². The second-order valence-electron chi connectivity index (χ2n) is 4.06. The Morgan fingerprint density at radius 3 is 2.61 bits per heavy atom. The zero-order valence-electron chi connectivity index (χ0n) is 9.64. The summed E-state index contributed by atoms with van der Waals surface area (Å²) in [4.78, 5) is 44.0. The van der Waals surface area contributed by atoms with Gasteiger partial charge in [0.2, 0.25) is 17.7 Å². The molecule has 1 rings (SSSR count). The van der Waals surface area contributed by atoms with Gasteiger partial charge in [-0.2, -0.15) is 0 Å². The van der Waals surface area contributed by atoms with Crippen molar-refractivity contribution < 1.29 is 24.3 Å². The minimum atomic E-state index is -1.24. The number of amides is 3. The first kappa shape index (κ1) is 13.9. The Bertz CT molecular complexity index is 382. The Balaban J connectivity index is 2.49. The molecule has 0 aromatic heterocycles. The van der Waals surface area contributed by atoms with Gasteiger partial charge in [-0.1, -0.05) is 0 Å². The Kier molecular flexibility index (Phi) is 4.64. The van der Waals surface area contributed by atoms with Gasteiger partial charge in [0.15, 0.2) is 0 Å². The minimum Gasteiger partial charge on any atom is -0.480 e. The van der Waals surface area contributed by atoms with Gasteiger partial charge in [-0.3, -0.25) is 14.4 Å². The molecule has 1 saturated heterocycles. The molecule has 0 aromatic carbocycles. The van der Waals surface area contributed by atoms with E-state index in [1.165, 1.54) is 0 Å². The fourth-order valence-corrected chi connectivity index (χ4v) is 1.63. The monoisotopic (exact) mass is 257 g/mol. The van der Waals surface area contributed by atoms with Crippen LogP contribution in [-0.4, -0.2) is 40.9 Å². The number of hydrogen-bond acceptors (Lipinski definition) is 4. The van der Waals surface area contributed by atoms with Crippen molar-refractivity contribution in [1.82, 2.24) is 10.6 Å². The predicted octanol–water partition coefficient (Wildman–Crippen LogP) is -1.90. The maximum Gasteiger partial charge on any atom is 0.326 e. The largest absolute Gasteiger partial charge is 0.480 e.